The molecule has 0 unspecified atom stereocenters. The Labute approximate surface area is 210 Å². The van der Waals surface area contributed by atoms with Gasteiger partial charge in [0, 0.05) is 35.0 Å². The summed E-state index contributed by atoms with van der Waals surface area (Å²) in [6.45, 7) is 1.82. The van der Waals surface area contributed by atoms with Crippen LogP contribution in [0.2, 0.25) is 0 Å². The predicted molar refractivity (Wildman–Crippen MR) is 134 cm³/mol. The van der Waals surface area contributed by atoms with E-state index in [0.29, 0.717) is 58.2 Å². The van der Waals surface area contributed by atoms with Gasteiger partial charge < -0.3 is 29.0 Å². The second-order valence-corrected chi connectivity index (χ2v) is 8.73. The van der Waals surface area contributed by atoms with E-state index >= 15 is 0 Å². The Balaban J connectivity index is 1.82. The molecule has 2 aromatic carbocycles. The van der Waals surface area contributed by atoms with Gasteiger partial charge in [0.2, 0.25) is 0 Å². The normalized spacial score (nSPS) is 19.3. The highest BCUT2D eigenvalue weighted by Gasteiger charge is 2.42. The maximum atomic E-state index is 13.8. The van der Waals surface area contributed by atoms with Gasteiger partial charge in [-0.3, -0.25) is 4.79 Å². The molecular formula is C28H31NO7. The van der Waals surface area contributed by atoms with Crippen molar-refractivity contribution in [3.05, 3.63) is 70.1 Å². The van der Waals surface area contributed by atoms with Crippen molar-refractivity contribution >= 4 is 11.8 Å². The van der Waals surface area contributed by atoms with Gasteiger partial charge in [-0.05, 0) is 43.0 Å². The monoisotopic (exact) mass is 493 g/mol. The van der Waals surface area contributed by atoms with Crippen LogP contribution < -0.4 is 24.3 Å². The van der Waals surface area contributed by atoms with Crippen molar-refractivity contribution in [3.63, 3.8) is 0 Å². The third kappa shape index (κ3) is 4.39. The van der Waals surface area contributed by atoms with Crippen molar-refractivity contribution in [2.24, 2.45) is 0 Å². The molecule has 1 heterocycles. The molecule has 8 nitrogen and oxygen atoms in total. The van der Waals surface area contributed by atoms with E-state index in [1.807, 2.05) is 31.2 Å². The van der Waals surface area contributed by atoms with Gasteiger partial charge in [0.15, 0.2) is 17.3 Å². The Morgan fingerprint density at radius 2 is 1.58 bits per heavy atom. The number of hydrogen-bond donors (Lipinski definition) is 1. The molecule has 0 aromatic heterocycles. The van der Waals surface area contributed by atoms with Gasteiger partial charge >= 0.3 is 5.97 Å². The molecule has 0 amide bonds. The Hall–Kier alpha value is -3.94. The van der Waals surface area contributed by atoms with Crippen molar-refractivity contribution in [1.29, 1.82) is 0 Å². The van der Waals surface area contributed by atoms with Crippen LogP contribution in [0, 0.1) is 0 Å². The summed E-state index contributed by atoms with van der Waals surface area (Å²) in [4.78, 5) is 26.7. The van der Waals surface area contributed by atoms with Gasteiger partial charge in [0.25, 0.3) is 0 Å². The summed E-state index contributed by atoms with van der Waals surface area (Å²) < 4.78 is 27.0. The lowest BCUT2D eigenvalue weighted by molar-refractivity contribution is -0.136. The molecule has 2 aliphatic rings. The molecule has 36 heavy (non-hydrogen) atoms. The number of esters is 1. The summed E-state index contributed by atoms with van der Waals surface area (Å²) in [5.41, 5.74) is 4.06. The van der Waals surface area contributed by atoms with Crippen LogP contribution in [0.1, 0.15) is 42.7 Å². The van der Waals surface area contributed by atoms with Crippen molar-refractivity contribution in [2.75, 3.05) is 35.5 Å². The number of benzene rings is 2. The summed E-state index contributed by atoms with van der Waals surface area (Å²) in [5.74, 6) is 1.16. The van der Waals surface area contributed by atoms with E-state index < -0.39 is 11.9 Å². The molecular weight excluding hydrogens is 462 g/mol. The fraction of sp³-hybridized carbons (Fsp3) is 0.357. The van der Waals surface area contributed by atoms with Gasteiger partial charge in [-0.2, -0.15) is 0 Å². The Morgan fingerprint density at radius 1 is 0.861 bits per heavy atom. The van der Waals surface area contributed by atoms with E-state index in [4.69, 9.17) is 23.7 Å². The third-order valence-corrected chi connectivity index (χ3v) is 6.86. The zero-order valence-electron chi connectivity index (χ0n) is 21.4. The fourth-order valence-electron chi connectivity index (χ4n) is 5.13. The predicted octanol–water partition coefficient (Wildman–Crippen LogP) is 4.26. The minimum atomic E-state index is -0.631. The van der Waals surface area contributed by atoms with Crippen LogP contribution in [-0.2, 0) is 14.3 Å². The summed E-state index contributed by atoms with van der Waals surface area (Å²) in [6.07, 6.45) is 0.885. The first-order chi connectivity index (χ1) is 17.4. The lowest BCUT2D eigenvalue weighted by atomic mass is 9.71. The second kappa shape index (κ2) is 10.4. The molecule has 2 aromatic rings. The van der Waals surface area contributed by atoms with Gasteiger partial charge in [-0.25, -0.2) is 4.79 Å². The summed E-state index contributed by atoms with van der Waals surface area (Å²) in [5, 5.41) is 3.34. The average Bonchev–Trinajstić information content (AvgIpc) is 2.90. The summed E-state index contributed by atoms with van der Waals surface area (Å²) in [7, 11) is 7.64. The van der Waals surface area contributed by atoms with Crippen molar-refractivity contribution < 1.29 is 33.3 Å². The van der Waals surface area contributed by atoms with Gasteiger partial charge in [-0.15, -0.1) is 0 Å². The number of allylic oxidation sites excluding steroid dienone is 3. The number of carbonyl (C=O) groups is 2. The number of methoxy groups -OCH3 is 5. The maximum Gasteiger partial charge on any atom is 0.336 e. The van der Waals surface area contributed by atoms with Crippen LogP contribution in [0.3, 0.4) is 0 Å². The Morgan fingerprint density at radius 3 is 2.22 bits per heavy atom. The van der Waals surface area contributed by atoms with Crippen LogP contribution in [-0.4, -0.2) is 47.3 Å². The highest BCUT2D eigenvalue weighted by molar-refractivity contribution is 6.04. The molecule has 0 radical (unpaired) electrons. The Bertz CT molecular complexity index is 1260. The van der Waals surface area contributed by atoms with E-state index in [1.165, 1.54) is 7.11 Å². The molecule has 0 saturated heterocycles. The van der Waals surface area contributed by atoms with Gasteiger partial charge in [0.05, 0.1) is 47.0 Å². The zero-order chi connectivity index (χ0) is 26.0. The molecule has 1 aliphatic carbocycles. The second-order valence-electron chi connectivity index (χ2n) is 8.73. The lowest BCUT2D eigenvalue weighted by Gasteiger charge is -2.37. The topological polar surface area (TPSA) is 92.3 Å². The number of ketones is 1. The molecule has 1 aliphatic heterocycles. The molecule has 190 valence electrons. The number of ether oxygens (including phenoxy) is 5. The minimum Gasteiger partial charge on any atom is -0.497 e. The van der Waals surface area contributed by atoms with Crippen molar-refractivity contribution in [1.82, 2.24) is 5.32 Å². The highest BCUT2D eigenvalue weighted by Crippen LogP contribution is 2.48. The Kier molecular flexibility index (Phi) is 7.24. The fourth-order valence-corrected chi connectivity index (χ4v) is 5.13. The van der Waals surface area contributed by atoms with Crippen LogP contribution in [0.25, 0.3) is 0 Å². The molecule has 0 bridgehead atoms. The molecule has 0 fully saturated rings. The lowest BCUT2D eigenvalue weighted by Crippen LogP contribution is -2.36. The average molecular weight is 494 g/mol. The molecule has 0 saturated carbocycles. The number of carbonyl (C=O) groups excluding carboxylic acids is 2. The van der Waals surface area contributed by atoms with E-state index in [1.54, 1.807) is 40.6 Å². The number of rotatable bonds is 7. The standard InChI is InChI=1S/C28H31NO7/c1-15-25(28(31)36-6)26(19-9-8-18(32-2)14-23(19)34-4)27-20(29-15)11-17(12-21(27)30)16-7-10-22(33-3)24(13-16)35-5/h7-10,13-14,17,26,29H,11-12H2,1-6H3/t17-,26-/m1/s1. The smallest absolute Gasteiger partial charge is 0.336 e. The first-order valence-corrected chi connectivity index (χ1v) is 11.6. The molecule has 0 spiro atoms. The highest BCUT2D eigenvalue weighted by atomic mass is 16.5. The largest absolute Gasteiger partial charge is 0.497 e. The molecule has 1 N–H and O–H groups in total. The number of nitrogens with one attached hydrogen (secondary N) is 1. The first-order valence-electron chi connectivity index (χ1n) is 11.6. The van der Waals surface area contributed by atoms with Crippen molar-refractivity contribution in [3.8, 4) is 23.0 Å². The van der Waals surface area contributed by atoms with Crippen LogP contribution in [0.4, 0.5) is 0 Å². The van der Waals surface area contributed by atoms with Gasteiger partial charge in [-0.1, -0.05) is 12.1 Å². The number of hydrogen-bond acceptors (Lipinski definition) is 8. The van der Waals surface area contributed by atoms with E-state index in [2.05, 4.69) is 5.32 Å². The number of Topliss-reactive ketones (excluding diaryl/α,β-unsaturated/α-hetero) is 1. The SMILES string of the molecule is COC(=O)C1=C(C)NC2=C(C(=O)C[C@H](c3ccc(OC)c(OC)c3)C2)[C@@H]1c1ccc(OC)cc1OC. The van der Waals surface area contributed by atoms with Crippen molar-refractivity contribution in [2.45, 2.75) is 31.6 Å². The third-order valence-electron chi connectivity index (χ3n) is 6.86. The molecule has 8 heteroatoms. The maximum absolute atomic E-state index is 13.8. The van der Waals surface area contributed by atoms with Crippen LogP contribution in [0.5, 0.6) is 23.0 Å². The molecule has 4 rings (SSSR count). The van der Waals surface area contributed by atoms with Crippen LogP contribution in [0.15, 0.2) is 58.9 Å². The minimum absolute atomic E-state index is 0.0414. The molecule has 2 atom stereocenters. The first kappa shape index (κ1) is 25.2. The van der Waals surface area contributed by atoms with E-state index in [-0.39, 0.29) is 11.7 Å². The number of dihydropyridines is 1. The van der Waals surface area contributed by atoms with E-state index in [9.17, 15) is 9.59 Å². The summed E-state index contributed by atoms with van der Waals surface area (Å²) in [6, 6.07) is 11.1. The quantitative estimate of drug-likeness (QED) is 0.572. The van der Waals surface area contributed by atoms with E-state index in [0.717, 1.165) is 11.3 Å². The summed E-state index contributed by atoms with van der Waals surface area (Å²) >= 11 is 0. The van der Waals surface area contributed by atoms with Crippen LogP contribution >= 0.6 is 0 Å². The van der Waals surface area contributed by atoms with Gasteiger partial charge in [0.1, 0.15) is 11.5 Å². The zero-order valence-corrected chi connectivity index (χ0v) is 21.4.